The maximum atomic E-state index is 5.76. The van der Waals surface area contributed by atoms with E-state index >= 15 is 0 Å². The van der Waals surface area contributed by atoms with Crippen molar-refractivity contribution < 1.29 is 4.74 Å². The molecule has 0 spiro atoms. The molecule has 1 saturated heterocycles. The quantitative estimate of drug-likeness (QED) is 0.819. The van der Waals surface area contributed by atoms with E-state index in [-0.39, 0.29) is 0 Å². The molecule has 2 rings (SSSR count). The Bertz CT molecular complexity index is 310. The summed E-state index contributed by atoms with van der Waals surface area (Å²) in [5.74, 6) is 0.426. The van der Waals surface area contributed by atoms with E-state index in [9.17, 15) is 0 Å². The van der Waals surface area contributed by atoms with Gasteiger partial charge in [-0.2, -0.15) is 0 Å². The van der Waals surface area contributed by atoms with Crippen LogP contribution >= 0.6 is 15.9 Å². The monoisotopic (exact) mass is 242 g/mol. The summed E-state index contributed by atoms with van der Waals surface area (Å²) in [6.45, 7) is 1.61. The smallest absolute Gasteiger partial charge is 0.0588 e. The van der Waals surface area contributed by atoms with Gasteiger partial charge in [0.25, 0.3) is 0 Å². The maximum absolute atomic E-state index is 5.76. The second-order valence-corrected chi connectivity index (χ2v) is 4.05. The second kappa shape index (κ2) is 3.64. The van der Waals surface area contributed by atoms with Crippen LogP contribution in [0.3, 0.4) is 0 Å². The third-order valence-electron chi connectivity index (χ3n) is 2.25. The molecule has 1 atom stereocenters. The Morgan fingerprint density at radius 1 is 1.62 bits per heavy atom. The highest BCUT2D eigenvalue weighted by atomic mass is 79.9. The first-order valence-electron chi connectivity index (χ1n) is 4.26. The molecule has 0 saturated carbocycles. The number of ether oxygens (including phenoxy) is 1. The largest absolute Gasteiger partial charge is 0.398 e. The predicted molar refractivity (Wildman–Crippen MR) is 54.5 cm³/mol. The van der Waals surface area contributed by atoms with E-state index in [0.717, 1.165) is 35.5 Å². The van der Waals surface area contributed by atoms with Crippen molar-refractivity contribution in [2.45, 2.75) is 12.3 Å². The van der Waals surface area contributed by atoms with E-state index < -0.39 is 0 Å². The van der Waals surface area contributed by atoms with Crippen LogP contribution in [0.5, 0.6) is 0 Å². The van der Waals surface area contributed by atoms with Gasteiger partial charge in [-0.25, -0.2) is 0 Å². The van der Waals surface area contributed by atoms with Gasteiger partial charge in [0.15, 0.2) is 0 Å². The minimum absolute atomic E-state index is 0.426. The normalized spacial score (nSPS) is 22.1. The van der Waals surface area contributed by atoms with Gasteiger partial charge in [0.2, 0.25) is 0 Å². The zero-order valence-corrected chi connectivity index (χ0v) is 8.75. The number of hydrogen-bond donors (Lipinski definition) is 1. The summed E-state index contributed by atoms with van der Waals surface area (Å²) in [4.78, 5) is 4.31. The molecule has 13 heavy (non-hydrogen) atoms. The molecular weight excluding hydrogens is 232 g/mol. The summed E-state index contributed by atoms with van der Waals surface area (Å²) in [6, 6.07) is 1.92. The Morgan fingerprint density at radius 2 is 2.46 bits per heavy atom. The lowest BCUT2D eigenvalue weighted by atomic mass is 10.0. The summed E-state index contributed by atoms with van der Waals surface area (Å²) >= 11 is 3.32. The van der Waals surface area contributed by atoms with E-state index in [1.54, 1.807) is 6.20 Å². The van der Waals surface area contributed by atoms with E-state index in [1.165, 1.54) is 0 Å². The standard InChI is InChI=1S/C9H11BrN2O/c10-7-4-12-9(3-8(7)11)6-1-2-13-5-6/h3-4,6H,1-2,5H2,(H2,11,12). The number of halogens is 1. The van der Waals surface area contributed by atoms with Gasteiger partial charge in [0, 0.05) is 30.1 Å². The topological polar surface area (TPSA) is 48.1 Å². The number of nitrogens with two attached hydrogens (primary N) is 1. The van der Waals surface area contributed by atoms with Crippen molar-refractivity contribution in [3.05, 3.63) is 22.4 Å². The minimum atomic E-state index is 0.426. The van der Waals surface area contributed by atoms with Crippen molar-refractivity contribution >= 4 is 21.6 Å². The Kier molecular flexibility index (Phi) is 2.51. The van der Waals surface area contributed by atoms with Crippen molar-refractivity contribution in [2.75, 3.05) is 18.9 Å². The molecule has 1 aromatic heterocycles. The molecule has 0 amide bonds. The average Bonchev–Trinajstić information content (AvgIpc) is 2.62. The average molecular weight is 243 g/mol. The van der Waals surface area contributed by atoms with Crippen LogP contribution in [-0.2, 0) is 4.74 Å². The zero-order chi connectivity index (χ0) is 9.26. The number of anilines is 1. The molecule has 0 radical (unpaired) electrons. The third-order valence-corrected chi connectivity index (χ3v) is 2.92. The fraction of sp³-hybridized carbons (Fsp3) is 0.444. The molecule has 1 aromatic rings. The molecule has 70 valence electrons. The Balaban J connectivity index is 2.25. The van der Waals surface area contributed by atoms with Crippen molar-refractivity contribution in [3.63, 3.8) is 0 Å². The lowest BCUT2D eigenvalue weighted by Gasteiger charge is -2.07. The summed E-state index contributed by atoms with van der Waals surface area (Å²) < 4.78 is 6.15. The number of hydrogen-bond acceptors (Lipinski definition) is 3. The van der Waals surface area contributed by atoms with Crippen LogP contribution in [0, 0.1) is 0 Å². The fourth-order valence-electron chi connectivity index (χ4n) is 1.46. The Labute approximate surface area is 85.4 Å². The SMILES string of the molecule is Nc1cc(C2CCOC2)ncc1Br. The van der Waals surface area contributed by atoms with E-state index in [2.05, 4.69) is 20.9 Å². The molecule has 1 aliphatic heterocycles. The number of aromatic nitrogens is 1. The molecule has 1 fully saturated rings. The zero-order valence-electron chi connectivity index (χ0n) is 7.16. The molecular formula is C9H11BrN2O. The van der Waals surface area contributed by atoms with Crippen LogP contribution in [-0.4, -0.2) is 18.2 Å². The van der Waals surface area contributed by atoms with Gasteiger partial charge < -0.3 is 10.5 Å². The van der Waals surface area contributed by atoms with E-state index in [0.29, 0.717) is 5.92 Å². The van der Waals surface area contributed by atoms with Crippen molar-refractivity contribution in [2.24, 2.45) is 0 Å². The molecule has 3 nitrogen and oxygen atoms in total. The first-order valence-corrected chi connectivity index (χ1v) is 5.05. The van der Waals surface area contributed by atoms with Crippen LogP contribution in [0.4, 0.5) is 5.69 Å². The highest BCUT2D eigenvalue weighted by molar-refractivity contribution is 9.10. The maximum Gasteiger partial charge on any atom is 0.0588 e. The van der Waals surface area contributed by atoms with Crippen LogP contribution in [0.2, 0.25) is 0 Å². The van der Waals surface area contributed by atoms with Gasteiger partial charge in [-0.05, 0) is 28.4 Å². The number of nitrogens with zero attached hydrogens (tertiary/aromatic N) is 1. The van der Waals surface area contributed by atoms with Gasteiger partial charge in [-0.1, -0.05) is 0 Å². The fourth-order valence-corrected chi connectivity index (χ4v) is 1.68. The van der Waals surface area contributed by atoms with Crippen LogP contribution in [0.1, 0.15) is 18.0 Å². The first-order chi connectivity index (χ1) is 6.27. The lowest BCUT2D eigenvalue weighted by molar-refractivity contribution is 0.193. The third kappa shape index (κ3) is 1.84. The molecule has 0 aliphatic carbocycles. The summed E-state index contributed by atoms with van der Waals surface area (Å²) in [6.07, 6.45) is 2.80. The molecule has 1 aliphatic rings. The van der Waals surface area contributed by atoms with Crippen molar-refractivity contribution in [1.82, 2.24) is 4.98 Å². The molecule has 0 bridgehead atoms. The van der Waals surface area contributed by atoms with Gasteiger partial charge >= 0.3 is 0 Å². The highest BCUT2D eigenvalue weighted by Crippen LogP contribution is 2.27. The Hall–Kier alpha value is -0.610. The second-order valence-electron chi connectivity index (χ2n) is 3.19. The van der Waals surface area contributed by atoms with Gasteiger partial charge in [0.05, 0.1) is 11.1 Å². The minimum Gasteiger partial charge on any atom is -0.398 e. The summed E-state index contributed by atoms with van der Waals surface area (Å²) in [5, 5.41) is 0. The lowest BCUT2D eigenvalue weighted by Crippen LogP contribution is -2.02. The number of rotatable bonds is 1. The number of pyridine rings is 1. The Morgan fingerprint density at radius 3 is 3.08 bits per heavy atom. The molecule has 1 unspecified atom stereocenters. The number of nitrogen functional groups attached to an aromatic ring is 1. The van der Waals surface area contributed by atoms with E-state index in [1.807, 2.05) is 6.07 Å². The van der Waals surface area contributed by atoms with Gasteiger partial charge in [-0.15, -0.1) is 0 Å². The summed E-state index contributed by atoms with van der Waals surface area (Å²) in [7, 11) is 0. The molecule has 2 N–H and O–H groups in total. The van der Waals surface area contributed by atoms with Crippen molar-refractivity contribution in [1.29, 1.82) is 0 Å². The first kappa shape index (κ1) is 8.97. The molecule has 2 heterocycles. The van der Waals surface area contributed by atoms with Gasteiger partial charge in [0.1, 0.15) is 0 Å². The summed E-state index contributed by atoms with van der Waals surface area (Å²) in [5.41, 5.74) is 7.55. The van der Waals surface area contributed by atoms with Crippen LogP contribution < -0.4 is 5.73 Å². The molecule has 0 aromatic carbocycles. The molecule has 4 heteroatoms. The predicted octanol–water partition coefficient (Wildman–Crippen LogP) is 1.93. The van der Waals surface area contributed by atoms with Crippen LogP contribution in [0.15, 0.2) is 16.7 Å². The van der Waals surface area contributed by atoms with Crippen LogP contribution in [0.25, 0.3) is 0 Å². The van der Waals surface area contributed by atoms with E-state index in [4.69, 9.17) is 10.5 Å². The van der Waals surface area contributed by atoms with Gasteiger partial charge in [-0.3, -0.25) is 4.98 Å². The highest BCUT2D eigenvalue weighted by Gasteiger charge is 2.19. The van der Waals surface area contributed by atoms with Crippen molar-refractivity contribution in [3.8, 4) is 0 Å².